The van der Waals surface area contributed by atoms with Crippen molar-refractivity contribution in [2.45, 2.75) is 13.8 Å². The van der Waals surface area contributed by atoms with E-state index in [0.29, 0.717) is 27.6 Å². The first-order chi connectivity index (χ1) is 8.52. The maximum atomic E-state index is 11.7. The van der Waals surface area contributed by atoms with E-state index in [-0.39, 0.29) is 10.0 Å². The lowest BCUT2D eigenvalue weighted by atomic mass is 10.3. The van der Waals surface area contributed by atoms with Gasteiger partial charge in [0.1, 0.15) is 5.75 Å². The third-order valence-corrected chi connectivity index (χ3v) is 3.50. The van der Waals surface area contributed by atoms with Crippen LogP contribution in [0.4, 0.5) is 0 Å². The summed E-state index contributed by atoms with van der Waals surface area (Å²) in [4.78, 5) is 0. The van der Waals surface area contributed by atoms with Crippen LogP contribution in [0.5, 0.6) is 11.5 Å². The van der Waals surface area contributed by atoms with Crippen molar-refractivity contribution in [1.82, 2.24) is 0 Å². The van der Waals surface area contributed by atoms with E-state index in [4.69, 9.17) is 27.9 Å². The number of para-hydroxylation sites is 1. The number of hydrogen-bond acceptors (Lipinski definition) is 2. The second kappa shape index (κ2) is 5.04. The number of halogens is 2. The van der Waals surface area contributed by atoms with E-state index < -0.39 is 0 Å². The number of ether oxygens (including phenoxy) is 1. The number of aromatic nitrogens is 1. The van der Waals surface area contributed by atoms with E-state index in [2.05, 4.69) is 0 Å². The molecule has 0 aliphatic carbocycles. The fraction of sp³-hybridized carbons (Fsp3) is 0.154. The second-order valence-electron chi connectivity index (χ2n) is 3.84. The van der Waals surface area contributed by atoms with Crippen LogP contribution in [0.1, 0.15) is 11.4 Å². The summed E-state index contributed by atoms with van der Waals surface area (Å²) in [6.07, 6.45) is 0. The van der Waals surface area contributed by atoms with Crippen LogP contribution < -0.4 is 9.47 Å². The minimum atomic E-state index is 0.226. The molecule has 0 aliphatic heterocycles. The van der Waals surface area contributed by atoms with Crippen LogP contribution in [0.25, 0.3) is 0 Å². The van der Waals surface area contributed by atoms with Gasteiger partial charge in [0.2, 0.25) is 11.4 Å². The molecule has 2 aromatic rings. The third-order valence-electron chi connectivity index (χ3n) is 2.61. The summed E-state index contributed by atoms with van der Waals surface area (Å²) in [5.74, 6) is 0.926. The van der Waals surface area contributed by atoms with E-state index in [1.165, 1.54) is 0 Å². The summed E-state index contributed by atoms with van der Waals surface area (Å²) in [5, 5.41) is 12.2. The molecule has 5 heteroatoms. The van der Waals surface area contributed by atoms with Crippen molar-refractivity contribution in [3.05, 3.63) is 57.0 Å². The summed E-state index contributed by atoms with van der Waals surface area (Å²) >= 11 is 12.2. The number of nitrogens with zero attached hydrogens (tertiary/aromatic N) is 1. The largest absolute Gasteiger partial charge is 0.618 e. The molecule has 2 rings (SSSR count). The number of pyridine rings is 1. The first-order valence-corrected chi connectivity index (χ1v) is 6.08. The summed E-state index contributed by atoms with van der Waals surface area (Å²) in [7, 11) is 0. The topological polar surface area (TPSA) is 36.2 Å². The quantitative estimate of drug-likeness (QED) is 0.616. The maximum absolute atomic E-state index is 11.7. The van der Waals surface area contributed by atoms with Crippen LogP contribution in [0.2, 0.25) is 10.0 Å². The maximum Gasteiger partial charge on any atom is 0.212 e. The van der Waals surface area contributed by atoms with Crippen LogP contribution >= 0.6 is 23.2 Å². The zero-order chi connectivity index (χ0) is 13.3. The highest BCUT2D eigenvalue weighted by Crippen LogP contribution is 2.38. The summed E-state index contributed by atoms with van der Waals surface area (Å²) in [5.41, 5.74) is 0.731. The fourth-order valence-corrected chi connectivity index (χ4v) is 2.02. The molecule has 1 aromatic carbocycles. The van der Waals surface area contributed by atoms with Gasteiger partial charge >= 0.3 is 0 Å². The number of rotatable bonds is 2. The van der Waals surface area contributed by atoms with E-state index in [1.807, 2.05) is 18.2 Å². The molecule has 0 fully saturated rings. The van der Waals surface area contributed by atoms with E-state index >= 15 is 0 Å². The zero-order valence-electron chi connectivity index (χ0n) is 9.91. The van der Waals surface area contributed by atoms with Gasteiger partial charge in [0, 0.05) is 13.8 Å². The molecule has 0 spiro atoms. The van der Waals surface area contributed by atoms with E-state index in [1.54, 1.807) is 26.0 Å². The van der Waals surface area contributed by atoms with Gasteiger partial charge in [-0.1, -0.05) is 41.4 Å². The second-order valence-corrected chi connectivity index (χ2v) is 4.59. The molecule has 0 atom stereocenters. The Hall–Kier alpha value is -1.45. The van der Waals surface area contributed by atoms with Crippen LogP contribution in [0, 0.1) is 19.1 Å². The molecule has 94 valence electrons. The summed E-state index contributed by atoms with van der Waals surface area (Å²) in [6.45, 7) is 3.24. The lowest BCUT2D eigenvalue weighted by Gasteiger charge is -2.13. The molecule has 0 saturated heterocycles. The van der Waals surface area contributed by atoms with Gasteiger partial charge in [-0.05, 0) is 12.1 Å². The van der Waals surface area contributed by atoms with Gasteiger partial charge in [-0.3, -0.25) is 0 Å². The van der Waals surface area contributed by atoms with Crippen LogP contribution in [-0.2, 0) is 0 Å². The minimum absolute atomic E-state index is 0.226. The number of benzene rings is 1. The lowest BCUT2D eigenvalue weighted by molar-refractivity contribution is -0.618. The molecule has 18 heavy (non-hydrogen) atoms. The first kappa shape index (κ1) is 13.0. The van der Waals surface area contributed by atoms with Crippen molar-refractivity contribution >= 4 is 23.2 Å². The predicted octanol–water partition coefficient (Wildman–Crippen LogP) is 4.04. The summed E-state index contributed by atoms with van der Waals surface area (Å²) in [6, 6.07) is 9.13. The molecular formula is C13H11Cl2NO2. The van der Waals surface area contributed by atoms with Crippen molar-refractivity contribution in [3.63, 3.8) is 0 Å². The third kappa shape index (κ3) is 2.24. The molecule has 3 nitrogen and oxygen atoms in total. The van der Waals surface area contributed by atoms with Crippen molar-refractivity contribution in [3.8, 4) is 11.5 Å². The van der Waals surface area contributed by atoms with Gasteiger partial charge in [-0.2, -0.15) is 4.73 Å². The molecule has 0 unspecified atom stereocenters. The Balaban J connectivity index is 2.52. The predicted molar refractivity (Wildman–Crippen MR) is 71.4 cm³/mol. The van der Waals surface area contributed by atoms with Gasteiger partial charge in [-0.15, -0.1) is 0 Å². The van der Waals surface area contributed by atoms with Gasteiger partial charge < -0.3 is 9.94 Å². The van der Waals surface area contributed by atoms with Gasteiger partial charge in [0.25, 0.3) is 0 Å². The normalized spacial score (nSPS) is 10.4. The Morgan fingerprint density at radius 3 is 2.00 bits per heavy atom. The van der Waals surface area contributed by atoms with E-state index in [0.717, 1.165) is 0 Å². The van der Waals surface area contributed by atoms with Crippen molar-refractivity contribution in [2.75, 3.05) is 0 Å². The van der Waals surface area contributed by atoms with Crippen molar-refractivity contribution in [1.29, 1.82) is 0 Å². The van der Waals surface area contributed by atoms with Crippen molar-refractivity contribution < 1.29 is 9.47 Å². The highest BCUT2D eigenvalue weighted by molar-refractivity contribution is 6.37. The van der Waals surface area contributed by atoms with Crippen molar-refractivity contribution in [2.24, 2.45) is 0 Å². The van der Waals surface area contributed by atoms with Crippen LogP contribution in [0.3, 0.4) is 0 Å². The standard InChI is InChI=1S/C13H11Cl2NO2/c1-8-11(14)13(12(15)9(2)16(8)17)18-10-6-4-3-5-7-10/h3-7H,1-2H3. The first-order valence-electron chi connectivity index (χ1n) is 5.33. The molecule has 0 N–H and O–H groups in total. The Bertz CT molecular complexity index is 556. The highest BCUT2D eigenvalue weighted by atomic mass is 35.5. The molecule has 0 saturated carbocycles. The van der Waals surface area contributed by atoms with E-state index in [9.17, 15) is 5.21 Å². The molecular weight excluding hydrogens is 273 g/mol. The molecule has 0 bridgehead atoms. The Labute approximate surface area is 115 Å². The van der Waals surface area contributed by atoms with Gasteiger partial charge in [-0.25, -0.2) is 0 Å². The van der Waals surface area contributed by atoms with Crippen LogP contribution in [-0.4, -0.2) is 0 Å². The molecule has 0 aliphatic rings. The molecule has 1 heterocycles. The smallest absolute Gasteiger partial charge is 0.212 e. The Morgan fingerprint density at radius 2 is 1.50 bits per heavy atom. The average Bonchev–Trinajstić information content (AvgIpc) is 2.40. The van der Waals surface area contributed by atoms with Gasteiger partial charge in [0.05, 0.1) is 0 Å². The Kier molecular flexibility index (Phi) is 3.64. The zero-order valence-corrected chi connectivity index (χ0v) is 11.4. The Morgan fingerprint density at radius 1 is 1.00 bits per heavy atom. The average molecular weight is 284 g/mol. The highest BCUT2D eigenvalue weighted by Gasteiger charge is 2.22. The monoisotopic (exact) mass is 283 g/mol. The molecule has 1 aromatic heterocycles. The van der Waals surface area contributed by atoms with Crippen LogP contribution in [0.15, 0.2) is 30.3 Å². The molecule has 0 radical (unpaired) electrons. The SMILES string of the molecule is Cc1c(Cl)c(Oc2ccccc2)c(Cl)c(C)[n+]1[O-]. The lowest BCUT2D eigenvalue weighted by Crippen LogP contribution is -2.34. The minimum Gasteiger partial charge on any atom is -0.618 e. The van der Waals surface area contributed by atoms with Gasteiger partial charge in [0.15, 0.2) is 15.8 Å². The fourth-order valence-electron chi connectivity index (χ4n) is 1.55. The number of hydrogen-bond donors (Lipinski definition) is 0. The summed E-state index contributed by atoms with van der Waals surface area (Å²) < 4.78 is 6.34. The molecule has 0 amide bonds.